The fourth-order valence-corrected chi connectivity index (χ4v) is 5.25. The van der Waals surface area contributed by atoms with E-state index >= 15 is 0 Å². The number of esters is 1. The Labute approximate surface area is 198 Å². The molecule has 4 rings (SSSR count). The molecular weight excluding hydrogens is 477 g/mol. The molecule has 7 nitrogen and oxygen atoms in total. The van der Waals surface area contributed by atoms with E-state index in [2.05, 4.69) is 5.32 Å². The van der Waals surface area contributed by atoms with Crippen LogP contribution in [0.2, 0.25) is 5.02 Å². The van der Waals surface area contributed by atoms with Gasteiger partial charge in [-0.2, -0.15) is 13.2 Å². The van der Waals surface area contributed by atoms with Gasteiger partial charge < -0.3 is 10.1 Å². The van der Waals surface area contributed by atoms with E-state index in [-0.39, 0.29) is 22.5 Å². The van der Waals surface area contributed by atoms with Crippen molar-refractivity contribution in [3.8, 4) is 0 Å². The number of anilines is 1. The van der Waals surface area contributed by atoms with E-state index in [4.69, 9.17) is 16.3 Å². The second kappa shape index (κ2) is 8.72. The minimum Gasteiger partial charge on any atom is -0.454 e. The summed E-state index contributed by atoms with van der Waals surface area (Å²) in [6, 6.07) is 1.22. The van der Waals surface area contributed by atoms with Crippen LogP contribution in [0, 0.1) is 29.6 Å². The molecule has 1 N–H and O–H groups in total. The van der Waals surface area contributed by atoms with Crippen LogP contribution in [0.3, 0.4) is 0 Å². The highest BCUT2D eigenvalue weighted by Gasteiger charge is 2.61. The molecule has 11 heteroatoms. The summed E-state index contributed by atoms with van der Waals surface area (Å²) in [7, 11) is 0. The summed E-state index contributed by atoms with van der Waals surface area (Å²) < 4.78 is 43.8. The Morgan fingerprint density at radius 2 is 1.74 bits per heavy atom. The van der Waals surface area contributed by atoms with Gasteiger partial charge in [-0.3, -0.25) is 19.3 Å². The molecule has 1 saturated carbocycles. The number of amides is 3. The molecule has 1 aliphatic heterocycles. The van der Waals surface area contributed by atoms with E-state index in [0.29, 0.717) is 6.07 Å². The van der Waals surface area contributed by atoms with Gasteiger partial charge in [-0.25, -0.2) is 4.79 Å². The molecule has 2 aliphatic carbocycles. The lowest BCUT2D eigenvalue weighted by Gasteiger charge is -2.28. The maximum atomic E-state index is 13.0. The summed E-state index contributed by atoms with van der Waals surface area (Å²) in [6.45, 7) is 2.47. The van der Waals surface area contributed by atoms with Gasteiger partial charge in [0.05, 0.1) is 28.1 Å². The minimum atomic E-state index is -4.64. The van der Waals surface area contributed by atoms with Crippen LogP contribution >= 0.6 is 11.6 Å². The zero-order valence-corrected chi connectivity index (χ0v) is 19.0. The van der Waals surface area contributed by atoms with Crippen LogP contribution in [0.1, 0.15) is 25.8 Å². The molecule has 182 valence electrons. The molecule has 2 bridgehead atoms. The molecule has 3 aliphatic rings. The summed E-state index contributed by atoms with van der Waals surface area (Å²) in [6.07, 6.45) is -0.0161. The molecule has 2 fully saturated rings. The lowest BCUT2D eigenvalue weighted by Crippen LogP contribution is -2.50. The van der Waals surface area contributed by atoms with Crippen LogP contribution in [0.5, 0.6) is 0 Å². The van der Waals surface area contributed by atoms with Gasteiger partial charge in [-0.1, -0.05) is 37.6 Å². The van der Waals surface area contributed by atoms with Crippen molar-refractivity contribution in [3.05, 3.63) is 40.9 Å². The number of nitrogens with zero attached hydrogens (tertiary/aromatic N) is 1. The molecule has 0 radical (unpaired) electrons. The Morgan fingerprint density at radius 3 is 2.26 bits per heavy atom. The summed E-state index contributed by atoms with van der Waals surface area (Å²) in [5.74, 6) is -4.19. The molecule has 1 aromatic carbocycles. The maximum Gasteiger partial charge on any atom is 0.416 e. The number of nitrogens with one attached hydrogen (secondary N) is 1. The molecule has 0 aromatic heterocycles. The zero-order chi connectivity index (χ0) is 24.9. The maximum absolute atomic E-state index is 13.0. The van der Waals surface area contributed by atoms with Gasteiger partial charge in [0, 0.05) is 0 Å². The summed E-state index contributed by atoms with van der Waals surface area (Å²) in [5.41, 5.74) is -1.30. The number of carbonyl (C=O) groups is 4. The molecule has 0 unspecified atom stereocenters. The van der Waals surface area contributed by atoms with Crippen LogP contribution < -0.4 is 5.32 Å². The number of benzene rings is 1. The molecule has 34 heavy (non-hydrogen) atoms. The van der Waals surface area contributed by atoms with E-state index in [9.17, 15) is 32.3 Å². The van der Waals surface area contributed by atoms with Crippen LogP contribution in [-0.4, -0.2) is 41.2 Å². The molecule has 1 aromatic rings. The van der Waals surface area contributed by atoms with E-state index in [1.54, 1.807) is 13.8 Å². The smallest absolute Gasteiger partial charge is 0.416 e. The first-order valence-electron chi connectivity index (χ1n) is 10.8. The van der Waals surface area contributed by atoms with Gasteiger partial charge in [0.1, 0.15) is 6.04 Å². The average Bonchev–Trinajstić information content (AvgIpc) is 3.43. The number of allylic oxidation sites excluding steroid dienone is 2. The third-order valence-corrected chi connectivity index (χ3v) is 6.90. The zero-order valence-electron chi connectivity index (χ0n) is 18.3. The van der Waals surface area contributed by atoms with Gasteiger partial charge in [0.2, 0.25) is 11.8 Å². The summed E-state index contributed by atoms with van der Waals surface area (Å²) in [4.78, 5) is 52.1. The largest absolute Gasteiger partial charge is 0.454 e. The number of likely N-dealkylation sites (tertiary alicyclic amines) is 1. The SMILES string of the molecule is CC(C)[C@@H](C(=O)OCC(=O)Nc1cc(C(F)(F)F)ccc1Cl)N1C(=O)[C@@H]2[C@H](C1=O)[C@H]1C=C[C@H]2C1. The lowest BCUT2D eigenvalue weighted by atomic mass is 9.85. The van der Waals surface area contributed by atoms with E-state index in [1.807, 2.05) is 12.2 Å². The molecule has 1 heterocycles. The highest BCUT2D eigenvalue weighted by atomic mass is 35.5. The fourth-order valence-electron chi connectivity index (χ4n) is 5.08. The normalized spacial score (nSPS) is 26.3. The number of carbonyl (C=O) groups excluding carboxylic acids is 4. The Bertz CT molecular complexity index is 1060. The number of rotatable bonds is 6. The van der Waals surface area contributed by atoms with Gasteiger partial charge in [-0.05, 0) is 42.4 Å². The Balaban J connectivity index is 1.42. The minimum absolute atomic E-state index is 0.0247. The Hall–Kier alpha value is -2.88. The highest BCUT2D eigenvalue weighted by Crippen LogP contribution is 2.53. The van der Waals surface area contributed by atoms with E-state index in [0.717, 1.165) is 23.5 Å². The second-order valence-electron chi connectivity index (χ2n) is 9.08. The standard InChI is InChI=1S/C23H22ClF3N2O5/c1-10(2)19(29-20(31)17-11-3-4-12(7-11)18(17)21(29)32)22(33)34-9-16(30)28-15-8-13(23(25,26)27)5-6-14(15)24/h3-6,8,10-12,17-19H,7,9H2,1-2H3,(H,28,30)/t11-,12-,17-,18+,19-/m0/s1. The highest BCUT2D eigenvalue weighted by molar-refractivity contribution is 6.33. The van der Waals surface area contributed by atoms with Crippen LogP contribution in [0.4, 0.5) is 18.9 Å². The van der Waals surface area contributed by atoms with Crippen molar-refractivity contribution >= 4 is 41.0 Å². The molecule has 5 atom stereocenters. The van der Waals surface area contributed by atoms with Crippen molar-refractivity contribution in [1.29, 1.82) is 0 Å². The molecule has 1 saturated heterocycles. The first kappa shape index (κ1) is 24.3. The molecular formula is C23H22ClF3N2O5. The number of fused-ring (bicyclic) bond motifs is 5. The fraction of sp³-hybridized carbons (Fsp3) is 0.478. The number of imide groups is 1. The monoisotopic (exact) mass is 498 g/mol. The lowest BCUT2D eigenvalue weighted by molar-refractivity contribution is -0.162. The predicted molar refractivity (Wildman–Crippen MR) is 114 cm³/mol. The number of ether oxygens (including phenoxy) is 1. The van der Waals surface area contributed by atoms with Crippen molar-refractivity contribution in [2.24, 2.45) is 29.6 Å². The number of hydrogen-bond acceptors (Lipinski definition) is 5. The average molecular weight is 499 g/mol. The van der Waals surface area contributed by atoms with Crippen molar-refractivity contribution in [2.75, 3.05) is 11.9 Å². The van der Waals surface area contributed by atoms with Crippen LogP contribution in [0.15, 0.2) is 30.4 Å². The quantitative estimate of drug-likeness (QED) is 0.367. The van der Waals surface area contributed by atoms with Crippen LogP contribution in [0.25, 0.3) is 0 Å². The predicted octanol–water partition coefficient (Wildman–Crippen LogP) is 3.67. The topological polar surface area (TPSA) is 92.8 Å². The first-order chi connectivity index (χ1) is 15.9. The van der Waals surface area contributed by atoms with Crippen molar-refractivity contribution in [1.82, 2.24) is 4.90 Å². The number of alkyl halides is 3. The van der Waals surface area contributed by atoms with Crippen molar-refractivity contribution in [2.45, 2.75) is 32.5 Å². The first-order valence-corrected chi connectivity index (χ1v) is 11.2. The van der Waals surface area contributed by atoms with Crippen molar-refractivity contribution < 1.29 is 37.1 Å². The summed E-state index contributed by atoms with van der Waals surface area (Å²) in [5, 5.41) is 2.05. The molecule has 3 amide bonds. The van der Waals surface area contributed by atoms with Crippen molar-refractivity contribution in [3.63, 3.8) is 0 Å². The van der Waals surface area contributed by atoms with E-state index < -0.39 is 65.8 Å². The Kier molecular flexibility index (Phi) is 6.22. The van der Waals surface area contributed by atoms with Crippen LogP contribution in [-0.2, 0) is 30.1 Å². The van der Waals surface area contributed by atoms with Gasteiger partial charge >= 0.3 is 12.1 Å². The third-order valence-electron chi connectivity index (χ3n) is 6.57. The second-order valence-corrected chi connectivity index (χ2v) is 9.49. The van der Waals surface area contributed by atoms with E-state index in [1.165, 1.54) is 0 Å². The number of hydrogen-bond donors (Lipinski definition) is 1. The third kappa shape index (κ3) is 4.19. The molecule has 0 spiro atoms. The van der Waals surface area contributed by atoms with Gasteiger partial charge in [0.25, 0.3) is 5.91 Å². The Morgan fingerprint density at radius 1 is 1.15 bits per heavy atom. The van der Waals surface area contributed by atoms with Gasteiger partial charge in [-0.15, -0.1) is 0 Å². The number of halogens is 4. The van der Waals surface area contributed by atoms with Gasteiger partial charge in [0.15, 0.2) is 6.61 Å². The summed E-state index contributed by atoms with van der Waals surface area (Å²) >= 11 is 5.86.